The van der Waals surface area contributed by atoms with Gasteiger partial charge < -0.3 is 89.5 Å². The third-order valence-electron chi connectivity index (χ3n) is 14.7. The van der Waals surface area contributed by atoms with Crippen LogP contribution >= 0.6 is 7.82 Å². The molecule has 24 heteroatoms. The van der Waals surface area contributed by atoms with Gasteiger partial charge in [-0.2, -0.15) is 0 Å². The van der Waals surface area contributed by atoms with Gasteiger partial charge in [-0.05, 0) is 12.8 Å². The molecule has 0 radical (unpaired) electrons. The van der Waals surface area contributed by atoms with E-state index in [1.165, 1.54) is 96.3 Å². The van der Waals surface area contributed by atoms with E-state index >= 15 is 0 Å². The first-order chi connectivity index (χ1) is 36.9. The summed E-state index contributed by atoms with van der Waals surface area (Å²) in [7, 11) is -5.63. The van der Waals surface area contributed by atoms with Crippen molar-refractivity contribution in [2.75, 3.05) is 26.4 Å². The Kier molecular flexibility index (Phi) is 35.3. The molecule has 2 saturated heterocycles. The lowest BCUT2D eigenvalue weighted by molar-refractivity contribution is -0.360. The summed E-state index contributed by atoms with van der Waals surface area (Å²) in [5, 5.41) is 116. The zero-order chi connectivity index (χ0) is 56.8. The van der Waals surface area contributed by atoms with Crippen LogP contribution in [0.25, 0.3) is 0 Å². The number of aliphatic hydroxyl groups excluding tert-OH is 11. The number of aliphatic hydroxyl groups is 11. The van der Waals surface area contributed by atoms with Crippen LogP contribution in [0.2, 0.25) is 0 Å². The quantitative estimate of drug-likeness (QED) is 0.0237. The smallest absolute Gasteiger partial charge is 0.462 e. The van der Waals surface area contributed by atoms with Crippen LogP contribution in [0.15, 0.2) is 0 Å². The highest BCUT2D eigenvalue weighted by atomic mass is 31.2. The Labute approximate surface area is 455 Å². The van der Waals surface area contributed by atoms with Crippen molar-refractivity contribution in [3.05, 3.63) is 0 Å². The molecule has 23 nitrogen and oxygen atoms in total. The molecule has 0 spiro atoms. The predicted octanol–water partition coefficient (Wildman–Crippen LogP) is 3.37. The molecular formula is C53H99O23P. The molecule has 0 amide bonds. The number of phosphoric ester groups is 1. The first-order valence-corrected chi connectivity index (χ1v) is 30.4. The van der Waals surface area contributed by atoms with E-state index < -0.39 is 150 Å². The zero-order valence-corrected chi connectivity index (χ0v) is 46.6. The number of carbonyl (C=O) groups excluding carboxylic acids is 2. The number of hydrogen-bond acceptors (Lipinski definition) is 22. The van der Waals surface area contributed by atoms with E-state index in [2.05, 4.69) is 13.8 Å². The highest BCUT2D eigenvalue weighted by Gasteiger charge is 2.58. The molecule has 0 aromatic heterocycles. The van der Waals surface area contributed by atoms with Gasteiger partial charge >= 0.3 is 19.8 Å². The highest BCUT2D eigenvalue weighted by Crippen LogP contribution is 2.49. The monoisotopic (exact) mass is 1130 g/mol. The lowest BCUT2D eigenvalue weighted by atomic mass is 9.84. The molecule has 3 fully saturated rings. The molecule has 0 aromatic carbocycles. The second-order valence-corrected chi connectivity index (χ2v) is 22.6. The number of ether oxygens (including phenoxy) is 6. The molecule has 3 unspecified atom stereocenters. The van der Waals surface area contributed by atoms with E-state index in [-0.39, 0.29) is 12.8 Å². The van der Waals surface area contributed by atoms with Crippen LogP contribution in [0, 0.1) is 0 Å². The Morgan fingerprint density at radius 1 is 0.442 bits per heavy atom. The Balaban J connectivity index is 1.72. The lowest BCUT2D eigenvalue weighted by Gasteiger charge is -2.49. The third-order valence-corrected chi connectivity index (χ3v) is 15.7. The standard InChI is InChI=1S/C53H99O23P/c1-3-5-7-9-11-13-15-17-19-21-23-25-27-29-38(56)69-33-35(71-39(57)30-28-26-24-22-20-18-16-14-12-10-8-6-4-2)34-70-77(67,68)76-51-49(74-52-47(65)42(60)40(58)36(31-54)72-52)45(63)44(62)46(64)50(51)75-53-48(66)43(61)41(59)37(32-55)73-53/h35-37,40-55,58-66H,3-34H2,1-2H3,(H,67,68)/t35-,36-,37-,40-,41-,42+,43+,44?,45-,46+,47+,48+,49-,50-,51?,52-,53-/m1/s1. The van der Waals surface area contributed by atoms with Crippen molar-refractivity contribution in [2.45, 2.75) is 298 Å². The van der Waals surface area contributed by atoms with Gasteiger partial charge in [0.25, 0.3) is 0 Å². The Hall–Kier alpha value is -1.55. The van der Waals surface area contributed by atoms with Gasteiger partial charge in [0.15, 0.2) is 18.7 Å². The number of hydrogen-bond donors (Lipinski definition) is 12. The SMILES string of the molecule is CCCCCCCCCCCCCCCC(=O)OC[C@H](COP(=O)(O)OC1[C@H](O[C@H]2O[C@H](CO)[C@@H](O)[C@H](O)[C@@H]2O)[C@H](O)C(O)[C@H](O)[C@H]1O[C@H]1O[C@H](CO)[C@@H](O)[C@H](O)[C@@H]1O)OC(=O)CCCCCCCCCCCCCCC. The largest absolute Gasteiger partial charge is 0.472 e. The van der Waals surface area contributed by atoms with Gasteiger partial charge in [0.1, 0.15) is 92.1 Å². The Morgan fingerprint density at radius 2 is 0.779 bits per heavy atom. The summed E-state index contributed by atoms with van der Waals surface area (Å²) >= 11 is 0. The van der Waals surface area contributed by atoms with Crippen molar-refractivity contribution in [1.29, 1.82) is 0 Å². The predicted molar refractivity (Wildman–Crippen MR) is 277 cm³/mol. The van der Waals surface area contributed by atoms with Crippen LogP contribution < -0.4 is 0 Å². The van der Waals surface area contributed by atoms with Gasteiger partial charge in [-0.15, -0.1) is 0 Å². The number of esters is 2. The molecule has 454 valence electrons. The van der Waals surface area contributed by atoms with Gasteiger partial charge in [0.2, 0.25) is 0 Å². The molecule has 12 N–H and O–H groups in total. The fraction of sp³-hybridized carbons (Fsp3) is 0.962. The minimum Gasteiger partial charge on any atom is -0.462 e. The topological polar surface area (TPSA) is 368 Å². The highest BCUT2D eigenvalue weighted by molar-refractivity contribution is 7.47. The molecule has 1 saturated carbocycles. The average Bonchev–Trinajstić information content (AvgIpc) is 3.43. The molecule has 3 rings (SSSR count). The third kappa shape index (κ3) is 25.2. The van der Waals surface area contributed by atoms with Crippen molar-refractivity contribution in [2.24, 2.45) is 0 Å². The molecule has 77 heavy (non-hydrogen) atoms. The van der Waals surface area contributed by atoms with Crippen LogP contribution in [0.4, 0.5) is 0 Å². The van der Waals surface area contributed by atoms with Crippen LogP contribution in [0.3, 0.4) is 0 Å². The second kappa shape index (κ2) is 39.0. The maximum Gasteiger partial charge on any atom is 0.472 e. The maximum absolute atomic E-state index is 14.0. The molecule has 2 aliphatic heterocycles. The van der Waals surface area contributed by atoms with E-state index in [1.54, 1.807) is 0 Å². The van der Waals surface area contributed by atoms with Crippen molar-refractivity contribution in [3.63, 3.8) is 0 Å². The van der Waals surface area contributed by atoms with Crippen LogP contribution in [-0.2, 0) is 51.6 Å². The van der Waals surface area contributed by atoms with Crippen LogP contribution in [0.1, 0.15) is 194 Å². The van der Waals surface area contributed by atoms with Gasteiger partial charge in [0.05, 0.1) is 19.8 Å². The lowest BCUT2D eigenvalue weighted by Crippen LogP contribution is -2.69. The van der Waals surface area contributed by atoms with Crippen LogP contribution in [-0.4, -0.2) is 204 Å². The molecule has 18 atom stereocenters. The van der Waals surface area contributed by atoms with Gasteiger partial charge in [-0.3, -0.25) is 18.6 Å². The van der Waals surface area contributed by atoms with E-state index in [0.29, 0.717) is 12.8 Å². The van der Waals surface area contributed by atoms with Crippen molar-refractivity contribution in [1.82, 2.24) is 0 Å². The second-order valence-electron chi connectivity index (χ2n) is 21.2. The molecule has 3 aliphatic rings. The van der Waals surface area contributed by atoms with Gasteiger partial charge in [-0.25, -0.2) is 4.57 Å². The number of carbonyl (C=O) groups is 2. The normalized spacial score (nSPS) is 31.9. The molecular weight excluding hydrogens is 1040 g/mol. The summed E-state index contributed by atoms with van der Waals surface area (Å²) in [6.07, 6.45) is -6.18. The Bertz CT molecular complexity index is 1550. The maximum atomic E-state index is 14.0. The first kappa shape index (κ1) is 69.7. The summed E-state index contributed by atoms with van der Waals surface area (Å²) in [5.74, 6) is -1.32. The van der Waals surface area contributed by atoms with Gasteiger partial charge in [-0.1, -0.05) is 168 Å². The van der Waals surface area contributed by atoms with Crippen LogP contribution in [0.5, 0.6) is 0 Å². The minimum atomic E-state index is -5.63. The van der Waals surface area contributed by atoms with E-state index in [1.807, 2.05) is 0 Å². The fourth-order valence-corrected chi connectivity index (χ4v) is 10.8. The summed E-state index contributed by atoms with van der Waals surface area (Å²) in [6, 6.07) is 0. The van der Waals surface area contributed by atoms with E-state index in [0.717, 1.165) is 57.8 Å². The van der Waals surface area contributed by atoms with Gasteiger partial charge in [0, 0.05) is 12.8 Å². The Morgan fingerprint density at radius 3 is 1.14 bits per heavy atom. The number of unbranched alkanes of at least 4 members (excludes halogenated alkanes) is 24. The zero-order valence-electron chi connectivity index (χ0n) is 45.7. The molecule has 0 aromatic rings. The first-order valence-electron chi connectivity index (χ1n) is 28.9. The van der Waals surface area contributed by atoms with E-state index in [4.69, 9.17) is 37.5 Å². The molecule has 0 bridgehead atoms. The fourth-order valence-electron chi connectivity index (χ4n) is 9.83. The minimum absolute atomic E-state index is 0.0252. The number of phosphoric acid groups is 1. The summed E-state index contributed by atoms with van der Waals surface area (Å²) in [6.45, 7) is 1.01. The van der Waals surface area contributed by atoms with Crippen molar-refractivity contribution in [3.8, 4) is 0 Å². The number of rotatable bonds is 42. The molecule has 1 aliphatic carbocycles. The average molecular weight is 1140 g/mol. The van der Waals surface area contributed by atoms with Crippen molar-refractivity contribution >= 4 is 19.8 Å². The van der Waals surface area contributed by atoms with Crippen molar-refractivity contribution < 1.29 is 113 Å². The molecule has 2 heterocycles. The summed E-state index contributed by atoms with van der Waals surface area (Å²) in [5.41, 5.74) is 0. The summed E-state index contributed by atoms with van der Waals surface area (Å²) in [4.78, 5) is 37.4. The van der Waals surface area contributed by atoms with E-state index in [9.17, 15) is 75.2 Å². The summed E-state index contributed by atoms with van der Waals surface area (Å²) < 4.78 is 58.0.